The number of carbonyl (C=O) groups is 8. The maximum Gasteiger partial charge on any atom is 0.332 e. The predicted molar refractivity (Wildman–Crippen MR) is 564 cm³/mol. The van der Waals surface area contributed by atoms with Crippen molar-refractivity contribution in [1.29, 1.82) is 0 Å². The summed E-state index contributed by atoms with van der Waals surface area (Å²) in [6.07, 6.45) is 22.9. The second-order valence-electron chi connectivity index (χ2n) is 38.4. The fourth-order valence-electron chi connectivity index (χ4n) is 23.2. The van der Waals surface area contributed by atoms with Crippen molar-refractivity contribution in [3.63, 3.8) is 0 Å². The summed E-state index contributed by atoms with van der Waals surface area (Å²) >= 11 is 0. The van der Waals surface area contributed by atoms with Gasteiger partial charge in [-0.15, -0.1) is 0 Å². The van der Waals surface area contributed by atoms with E-state index in [0.717, 1.165) is 154 Å². The van der Waals surface area contributed by atoms with Gasteiger partial charge in [0.25, 0.3) is 0 Å². The molecule has 16 heteroatoms. The number of ketones is 4. The molecule has 5 aliphatic carbocycles. The molecule has 0 aliphatic heterocycles. The Balaban J connectivity index is 0.000000151. The first kappa shape index (κ1) is 102. The van der Waals surface area contributed by atoms with E-state index < -0.39 is 23.9 Å². The third kappa shape index (κ3) is 21.0. The van der Waals surface area contributed by atoms with Crippen molar-refractivity contribution in [2.24, 2.45) is 26.5 Å². The summed E-state index contributed by atoms with van der Waals surface area (Å²) in [5.74, 6) is -2.19. The SMILES string of the molecule is CCCC1(CCC)c2cc(C(=O)c3cccc4ccccc34)ccc2-c2ccc(/C(=N\OC(C)=O)c3ccccc3C)cc21.CCCC1(CCC)c2ccccc2-c2ccc(C(=O)/C(=N/OC(C)=O)c3ccccc3C)cc21.CCCC1(CCC)c2ccccc2-c2ccc(C(=O)/C(C)=N/OC(C)=O)cc21.CCCC1(CCC)c2ccccc2-c2ccc(C(=O)/C(CC3CCCCC3)=N/OC(C)=O)cc21. The van der Waals surface area contributed by atoms with Crippen molar-refractivity contribution in [2.75, 3.05) is 0 Å². The Bertz CT molecular complexity index is 6780. The van der Waals surface area contributed by atoms with Gasteiger partial charge in [0, 0.05) is 93.9 Å². The maximum atomic E-state index is 14.1. The lowest BCUT2D eigenvalue weighted by Gasteiger charge is -2.32. The van der Waals surface area contributed by atoms with Crippen molar-refractivity contribution in [1.82, 2.24) is 0 Å². The van der Waals surface area contributed by atoms with E-state index in [1.807, 2.05) is 147 Å². The third-order valence-electron chi connectivity index (χ3n) is 28.9. The molecule has 0 unspecified atom stereocenters. The van der Waals surface area contributed by atoms with Gasteiger partial charge >= 0.3 is 23.9 Å². The molecule has 12 aromatic rings. The first-order valence-electron chi connectivity index (χ1n) is 50.5. The van der Waals surface area contributed by atoms with E-state index in [1.165, 1.54) is 136 Å². The van der Waals surface area contributed by atoms with Gasteiger partial charge in [-0.05, 0) is 226 Å². The first-order chi connectivity index (χ1) is 67.7. The molecule has 140 heavy (non-hydrogen) atoms. The van der Waals surface area contributed by atoms with Crippen LogP contribution in [0, 0.1) is 19.8 Å². The van der Waals surface area contributed by atoms with Crippen molar-refractivity contribution < 1.29 is 57.7 Å². The molecule has 0 heterocycles. The number of carbonyl (C=O) groups excluding carboxylic acids is 8. The van der Waals surface area contributed by atoms with Crippen LogP contribution in [-0.2, 0) is 60.2 Å². The summed E-state index contributed by atoms with van der Waals surface area (Å²) in [4.78, 5) is 120. The number of rotatable bonds is 33. The Kier molecular flexibility index (Phi) is 33.4. The number of Topliss-reactive ketones (excluding diaryl/α,β-unsaturated/α-hetero) is 3. The lowest BCUT2D eigenvalue weighted by Crippen LogP contribution is -2.26. The van der Waals surface area contributed by atoms with Crippen molar-refractivity contribution in [2.45, 2.75) is 267 Å². The molecule has 0 amide bonds. The molecule has 1 fully saturated rings. The second-order valence-corrected chi connectivity index (χ2v) is 38.4. The van der Waals surface area contributed by atoms with Crippen LogP contribution in [0.5, 0.6) is 0 Å². The quantitative estimate of drug-likeness (QED) is 0.0162. The molecule has 1 saturated carbocycles. The summed E-state index contributed by atoms with van der Waals surface area (Å²) in [7, 11) is 0. The van der Waals surface area contributed by atoms with Crippen LogP contribution in [0.2, 0.25) is 0 Å². The number of fused-ring (bicyclic) bond motifs is 13. The normalized spacial score (nSPS) is 14.6. The Morgan fingerprint density at radius 1 is 0.293 bits per heavy atom. The second kappa shape index (κ2) is 45.8. The summed E-state index contributed by atoms with van der Waals surface area (Å²) in [5, 5.41) is 18.1. The molecular formula is C124H132N4O12. The van der Waals surface area contributed by atoms with Crippen LogP contribution in [0.1, 0.15) is 351 Å². The highest BCUT2D eigenvalue weighted by Gasteiger charge is 2.47. The topological polar surface area (TPSA) is 223 Å². The number of oxime groups is 4. The molecule has 12 aromatic carbocycles. The molecule has 0 N–H and O–H groups in total. The van der Waals surface area contributed by atoms with Gasteiger partial charge in [0.15, 0.2) is 11.5 Å². The smallest absolute Gasteiger partial charge is 0.318 e. The number of aryl methyl sites for hydroxylation is 2. The molecule has 0 aromatic heterocycles. The van der Waals surface area contributed by atoms with E-state index in [9.17, 15) is 38.4 Å². The van der Waals surface area contributed by atoms with Crippen LogP contribution < -0.4 is 0 Å². The highest BCUT2D eigenvalue weighted by atomic mass is 16.7. The highest BCUT2D eigenvalue weighted by Crippen LogP contribution is 2.59. The standard InChI is InChI=1S/C40H37NO3.C30H31NO3.C30H37NO3.C24H27NO3/c1-5-22-40(23-6-2)36-24-29(38(41-44-27(4)42)31-15-9-7-12-26(31)3)18-20-33(36)34-21-19-30(25-37(34)40)39(43)35-17-11-14-28-13-8-10-16-32(28)35;1-5-17-30(18-6-2)26-14-10-9-13-24(26)25-16-15-22(19-27(25)30)29(33)28(31-34-21(4)32)23-12-8-7-11-20(23)3;1-4-17-30(18-5-2)26-14-10-9-13-24(26)25-16-15-23(20-27(25)30)29(33)28(31-34-21(3)32)19-22-11-7-6-8-12-22;1-5-13-24(14-6-2)21-10-8-7-9-19(21)20-12-11-18(15-22(20)24)23(27)16(3)25-28-17(4)26/h7-21,24-25H,5-6,22-23H2,1-4H3;7-16,19H,5-6,17-18H2,1-4H3;9-10,13-16,20,22H,4-8,11-12,17-19H2,1-3H3;7-12,15H,5-6,13-14H2,1-4H3/b41-38+;2*31-28+;25-16+. The molecule has 5 aliphatic rings. The lowest BCUT2D eigenvalue weighted by molar-refractivity contribution is -0.141. The van der Waals surface area contributed by atoms with Crippen molar-refractivity contribution in [3.05, 3.63) is 355 Å². The van der Waals surface area contributed by atoms with E-state index >= 15 is 0 Å². The molecule has 0 radical (unpaired) electrons. The summed E-state index contributed by atoms with van der Waals surface area (Å²) in [6, 6.07) is 86.2. The minimum Gasteiger partial charge on any atom is -0.318 e. The molecule has 720 valence electrons. The average Bonchev–Trinajstić information content (AvgIpc) is 1.57. The van der Waals surface area contributed by atoms with Crippen molar-refractivity contribution in [3.8, 4) is 44.5 Å². The van der Waals surface area contributed by atoms with E-state index in [1.54, 1.807) is 6.92 Å². The van der Waals surface area contributed by atoms with Gasteiger partial charge in [0.1, 0.15) is 17.1 Å². The van der Waals surface area contributed by atoms with Crippen molar-refractivity contribution >= 4 is 80.6 Å². The molecule has 0 spiro atoms. The van der Waals surface area contributed by atoms with Crippen LogP contribution in [0.25, 0.3) is 55.3 Å². The van der Waals surface area contributed by atoms with Gasteiger partial charge in [0.05, 0.1) is 0 Å². The van der Waals surface area contributed by atoms with E-state index in [2.05, 4.69) is 202 Å². The third-order valence-corrected chi connectivity index (χ3v) is 28.9. The summed E-state index contributed by atoms with van der Waals surface area (Å²) in [6.45, 7) is 28.5. The Morgan fingerprint density at radius 3 is 1.05 bits per heavy atom. The van der Waals surface area contributed by atoms with Crippen LogP contribution in [0.4, 0.5) is 0 Å². The van der Waals surface area contributed by atoms with E-state index in [4.69, 9.17) is 14.5 Å². The molecule has 0 bridgehead atoms. The van der Waals surface area contributed by atoms with E-state index in [0.29, 0.717) is 51.6 Å². The van der Waals surface area contributed by atoms with Gasteiger partial charge in [-0.1, -0.05) is 384 Å². The number of hydrogen-bond acceptors (Lipinski definition) is 16. The van der Waals surface area contributed by atoms with Crippen LogP contribution in [0.15, 0.2) is 275 Å². The first-order valence-corrected chi connectivity index (χ1v) is 50.5. The fourth-order valence-corrected chi connectivity index (χ4v) is 23.2. The highest BCUT2D eigenvalue weighted by molar-refractivity contribution is 6.51. The number of nitrogens with zero attached hydrogens (tertiary/aromatic N) is 4. The van der Waals surface area contributed by atoms with Gasteiger partial charge in [-0.3, -0.25) is 19.2 Å². The number of hydrogen-bond donors (Lipinski definition) is 0. The van der Waals surface area contributed by atoms with E-state index in [-0.39, 0.29) is 56.2 Å². The average molecular weight is 1870 g/mol. The minimum absolute atomic E-state index is 0.0403. The zero-order valence-corrected chi connectivity index (χ0v) is 84.1. The Morgan fingerprint density at radius 2 is 0.614 bits per heavy atom. The predicted octanol–water partition coefficient (Wildman–Crippen LogP) is 29.9. The molecule has 0 saturated heterocycles. The molecule has 16 nitrogen and oxygen atoms in total. The lowest BCUT2D eigenvalue weighted by atomic mass is 9.71. The van der Waals surface area contributed by atoms with Gasteiger partial charge in [-0.2, -0.15) is 0 Å². The Hall–Kier alpha value is -13.9. The van der Waals surface area contributed by atoms with Crippen LogP contribution in [-0.4, -0.2) is 69.9 Å². The maximum absolute atomic E-state index is 14.1. The number of benzene rings is 12. The molecular weight excluding hydrogens is 1740 g/mol. The van der Waals surface area contributed by atoms with Gasteiger partial charge in [-0.25, -0.2) is 19.2 Å². The zero-order chi connectivity index (χ0) is 99.6. The monoisotopic (exact) mass is 1870 g/mol. The molecule has 17 rings (SSSR count). The van der Waals surface area contributed by atoms with Crippen LogP contribution >= 0.6 is 0 Å². The van der Waals surface area contributed by atoms with Crippen LogP contribution in [0.3, 0.4) is 0 Å². The molecule has 0 atom stereocenters. The van der Waals surface area contributed by atoms with Gasteiger partial charge < -0.3 is 19.4 Å². The zero-order valence-electron chi connectivity index (χ0n) is 84.1. The minimum atomic E-state index is -0.562. The fraction of sp³-hybridized carbons (Fsp3) is 0.339. The van der Waals surface area contributed by atoms with Gasteiger partial charge in [0.2, 0.25) is 17.3 Å². The summed E-state index contributed by atoms with van der Waals surface area (Å²) in [5.41, 5.74) is 28.5. The Labute approximate surface area is 826 Å². The largest absolute Gasteiger partial charge is 0.332 e. The summed E-state index contributed by atoms with van der Waals surface area (Å²) < 4.78 is 0.